The number of nitrogens with one attached hydrogen (secondary N) is 1. The molecule has 3 heteroatoms. The van der Waals surface area contributed by atoms with Crippen LogP contribution in [-0.4, -0.2) is 37.3 Å². The third-order valence-corrected chi connectivity index (χ3v) is 4.53. The van der Waals surface area contributed by atoms with Gasteiger partial charge in [0, 0.05) is 37.7 Å². The quantitative estimate of drug-likeness (QED) is 0.674. The van der Waals surface area contributed by atoms with Crippen LogP contribution in [0.2, 0.25) is 0 Å². The van der Waals surface area contributed by atoms with E-state index in [1.807, 2.05) is 11.8 Å². The summed E-state index contributed by atoms with van der Waals surface area (Å²) in [6.45, 7) is 4.23. The standard InChI is InChI=1S/C19H26N2S/c1-21(16-18-8-4-2-5-9-18)14-12-20-13-15-22-17-19-10-6-3-7-11-19/h2-11,20H,12-17H2,1H3. The van der Waals surface area contributed by atoms with Gasteiger partial charge in [-0.05, 0) is 18.2 Å². The summed E-state index contributed by atoms with van der Waals surface area (Å²) in [4.78, 5) is 2.36. The van der Waals surface area contributed by atoms with Crippen LogP contribution in [0, 0.1) is 0 Å². The Balaban J connectivity index is 1.47. The van der Waals surface area contributed by atoms with Gasteiger partial charge < -0.3 is 10.2 Å². The molecule has 0 atom stereocenters. The minimum atomic E-state index is 1.02. The molecule has 0 aliphatic heterocycles. The number of likely N-dealkylation sites (N-methyl/N-ethyl adjacent to an activating group) is 1. The Kier molecular flexibility index (Phi) is 8.10. The third-order valence-electron chi connectivity index (χ3n) is 3.50. The fourth-order valence-electron chi connectivity index (χ4n) is 2.28. The predicted octanol–water partition coefficient (Wildman–Crippen LogP) is 3.64. The highest BCUT2D eigenvalue weighted by Gasteiger charge is 1.99. The zero-order valence-electron chi connectivity index (χ0n) is 13.4. The molecule has 0 amide bonds. The molecule has 0 fully saturated rings. The van der Waals surface area contributed by atoms with Crippen molar-refractivity contribution in [3.63, 3.8) is 0 Å². The van der Waals surface area contributed by atoms with Crippen LogP contribution in [0.3, 0.4) is 0 Å². The van der Waals surface area contributed by atoms with Crippen LogP contribution in [0.15, 0.2) is 60.7 Å². The van der Waals surface area contributed by atoms with Crippen LogP contribution < -0.4 is 5.32 Å². The van der Waals surface area contributed by atoms with Crippen molar-refractivity contribution in [3.05, 3.63) is 71.8 Å². The molecule has 0 aliphatic rings. The van der Waals surface area contributed by atoms with Crippen LogP contribution in [0.1, 0.15) is 11.1 Å². The first-order chi connectivity index (χ1) is 10.8. The van der Waals surface area contributed by atoms with Gasteiger partial charge in [-0.25, -0.2) is 0 Å². The lowest BCUT2D eigenvalue weighted by atomic mass is 10.2. The molecule has 2 aromatic carbocycles. The maximum atomic E-state index is 3.53. The summed E-state index contributed by atoms with van der Waals surface area (Å²) in [5.41, 5.74) is 2.79. The maximum absolute atomic E-state index is 3.53. The molecule has 0 saturated carbocycles. The average molecular weight is 314 g/mol. The normalized spacial score (nSPS) is 11.0. The lowest BCUT2D eigenvalue weighted by Crippen LogP contribution is -2.30. The van der Waals surface area contributed by atoms with Crippen molar-refractivity contribution in [2.45, 2.75) is 12.3 Å². The number of hydrogen-bond acceptors (Lipinski definition) is 3. The van der Waals surface area contributed by atoms with E-state index in [1.165, 1.54) is 11.1 Å². The average Bonchev–Trinajstić information content (AvgIpc) is 2.56. The van der Waals surface area contributed by atoms with Crippen molar-refractivity contribution < 1.29 is 0 Å². The van der Waals surface area contributed by atoms with E-state index >= 15 is 0 Å². The molecule has 2 aromatic rings. The molecule has 0 aromatic heterocycles. The monoisotopic (exact) mass is 314 g/mol. The number of rotatable bonds is 10. The number of hydrogen-bond donors (Lipinski definition) is 1. The minimum absolute atomic E-state index is 1.02. The Morgan fingerprint density at radius 2 is 1.50 bits per heavy atom. The van der Waals surface area contributed by atoms with Gasteiger partial charge in [-0.3, -0.25) is 0 Å². The van der Waals surface area contributed by atoms with Crippen molar-refractivity contribution in [1.29, 1.82) is 0 Å². The Morgan fingerprint density at radius 3 is 2.18 bits per heavy atom. The highest BCUT2D eigenvalue weighted by Crippen LogP contribution is 2.10. The summed E-state index contributed by atoms with van der Waals surface area (Å²) in [5.74, 6) is 2.27. The van der Waals surface area contributed by atoms with Gasteiger partial charge in [0.05, 0.1) is 0 Å². The molecule has 0 saturated heterocycles. The SMILES string of the molecule is CN(CCNCCSCc1ccccc1)Cc1ccccc1. The van der Waals surface area contributed by atoms with Crippen LogP contribution in [0.25, 0.3) is 0 Å². The van der Waals surface area contributed by atoms with E-state index in [9.17, 15) is 0 Å². The van der Waals surface area contributed by atoms with E-state index in [1.54, 1.807) is 0 Å². The summed E-state index contributed by atoms with van der Waals surface area (Å²) in [6.07, 6.45) is 0. The van der Waals surface area contributed by atoms with E-state index in [0.29, 0.717) is 0 Å². The molecule has 0 radical (unpaired) electrons. The number of thioether (sulfide) groups is 1. The van der Waals surface area contributed by atoms with Crippen molar-refractivity contribution in [3.8, 4) is 0 Å². The molecular weight excluding hydrogens is 288 g/mol. The predicted molar refractivity (Wildman–Crippen MR) is 98.2 cm³/mol. The fourth-order valence-corrected chi connectivity index (χ4v) is 3.14. The lowest BCUT2D eigenvalue weighted by Gasteiger charge is -2.17. The van der Waals surface area contributed by atoms with Crippen LogP contribution >= 0.6 is 11.8 Å². The topological polar surface area (TPSA) is 15.3 Å². The van der Waals surface area contributed by atoms with Crippen molar-refractivity contribution in [2.24, 2.45) is 0 Å². The molecule has 2 nitrogen and oxygen atoms in total. The first-order valence-corrected chi connectivity index (χ1v) is 9.05. The van der Waals surface area contributed by atoms with Gasteiger partial charge in [0.1, 0.15) is 0 Å². The summed E-state index contributed by atoms with van der Waals surface area (Å²) >= 11 is 1.99. The molecule has 22 heavy (non-hydrogen) atoms. The molecular formula is C19H26N2S. The van der Waals surface area contributed by atoms with Gasteiger partial charge in [-0.1, -0.05) is 60.7 Å². The van der Waals surface area contributed by atoms with E-state index in [0.717, 1.165) is 37.7 Å². The van der Waals surface area contributed by atoms with Gasteiger partial charge in [-0.15, -0.1) is 0 Å². The molecule has 0 spiro atoms. The Morgan fingerprint density at radius 1 is 0.864 bits per heavy atom. The maximum Gasteiger partial charge on any atom is 0.0231 e. The zero-order valence-corrected chi connectivity index (χ0v) is 14.2. The van der Waals surface area contributed by atoms with Gasteiger partial charge >= 0.3 is 0 Å². The molecule has 0 heterocycles. The first kappa shape index (κ1) is 17.1. The summed E-state index contributed by atoms with van der Waals surface area (Å²) < 4.78 is 0. The third kappa shape index (κ3) is 7.12. The molecule has 118 valence electrons. The highest BCUT2D eigenvalue weighted by molar-refractivity contribution is 7.98. The summed E-state index contributed by atoms with van der Waals surface area (Å²) in [5, 5.41) is 3.53. The van der Waals surface area contributed by atoms with Gasteiger partial charge in [0.25, 0.3) is 0 Å². The van der Waals surface area contributed by atoms with E-state index in [-0.39, 0.29) is 0 Å². The molecule has 0 aliphatic carbocycles. The number of benzene rings is 2. The first-order valence-electron chi connectivity index (χ1n) is 7.89. The van der Waals surface area contributed by atoms with Gasteiger partial charge in [0.2, 0.25) is 0 Å². The second kappa shape index (κ2) is 10.4. The van der Waals surface area contributed by atoms with E-state index in [2.05, 4.69) is 77.9 Å². The molecule has 2 rings (SSSR count). The Bertz CT molecular complexity index is 501. The van der Waals surface area contributed by atoms with E-state index in [4.69, 9.17) is 0 Å². The second-order valence-corrected chi connectivity index (χ2v) is 6.62. The van der Waals surface area contributed by atoms with Crippen LogP contribution in [0.4, 0.5) is 0 Å². The van der Waals surface area contributed by atoms with Gasteiger partial charge in [-0.2, -0.15) is 11.8 Å². The van der Waals surface area contributed by atoms with Crippen LogP contribution in [-0.2, 0) is 12.3 Å². The van der Waals surface area contributed by atoms with Crippen LogP contribution in [0.5, 0.6) is 0 Å². The smallest absolute Gasteiger partial charge is 0.0231 e. The van der Waals surface area contributed by atoms with Crippen molar-refractivity contribution in [1.82, 2.24) is 10.2 Å². The summed E-state index contributed by atoms with van der Waals surface area (Å²) in [6, 6.07) is 21.3. The number of nitrogens with zero attached hydrogens (tertiary/aromatic N) is 1. The Labute approximate surface area is 138 Å². The summed E-state index contributed by atoms with van der Waals surface area (Å²) in [7, 11) is 2.18. The van der Waals surface area contributed by atoms with Gasteiger partial charge in [0.15, 0.2) is 0 Å². The van der Waals surface area contributed by atoms with Crippen molar-refractivity contribution in [2.75, 3.05) is 32.4 Å². The van der Waals surface area contributed by atoms with Crippen molar-refractivity contribution >= 4 is 11.8 Å². The minimum Gasteiger partial charge on any atom is -0.315 e. The zero-order chi connectivity index (χ0) is 15.5. The molecule has 1 N–H and O–H groups in total. The highest BCUT2D eigenvalue weighted by atomic mass is 32.2. The fraction of sp³-hybridized carbons (Fsp3) is 0.368. The molecule has 0 bridgehead atoms. The molecule has 0 unspecified atom stereocenters. The lowest BCUT2D eigenvalue weighted by molar-refractivity contribution is 0.326. The second-order valence-electron chi connectivity index (χ2n) is 5.51. The van der Waals surface area contributed by atoms with E-state index < -0.39 is 0 Å². The largest absolute Gasteiger partial charge is 0.315 e. The Hall–Kier alpha value is -1.29.